The zero-order valence-electron chi connectivity index (χ0n) is 11.5. The molecule has 0 radical (unpaired) electrons. The summed E-state index contributed by atoms with van der Waals surface area (Å²) in [5, 5.41) is 8.92. The van der Waals surface area contributed by atoms with Crippen molar-refractivity contribution in [1.29, 1.82) is 0 Å². The maximum absolute atomic E-state index is 12.6. The minimum atomic E-state index is -1.07. The minimum absolute atomic E-state index is 0.0633. The molecule has 2 fully saturated rings. The monoisotopic (exact) mass is 328 g/mol. The van der Waals surface area contributed by atoms with Crippen LogP contribution in [0, 0.1) is 0 Å². The van der Waals surface area contributed by atoms with Crippen LogP contribution in [-0.2, 0) is 9.59 Å². The molecule has 1 saturated heterocycles. The molecule has 0 aromatic carbocycles. The number of hydrogen-bond donors (Lipinski definition) is 1. The van der Waals surface area contributed by atoms with Gasteiger partial charge in [0.2, 0.25) is 0 Å². The van der Waals surface area contributed by atoms with Crippen LogP contribution in [0.15, 0.2) is 16.8 Å². The predicted octanol–water partition coefficient (Wildman–Crippen LogP) is 2.25. The summed E-state index contributed by atoms with van der Waals surface area (Å²) in [5.41, 5.74) is 0.156. The molecule has 0 spiro atoms. The van der Waals surface area contributed by atoms with E-state index in [1.54, 1.807) is 6.08 Å². The van der Waals surface area contributed by atoms with Gasteiger partial charge in [-0.3, -0.25) is 14.7 Å². The van der Waals surface area contributed by atoms with Crippen LogP contribution < -0.4 is 0 Å². The van der Waals surface area contributed by atoms with Crippen molar-refractivity contribution in [2.75, 3.05) is 11.6 Å². The first-order valence-electron chi connectivity index (χ1n) is 7.12. The fourth-order valence-electron chi connectivity index (χ4n) is 3.13. The van der Waals surface area contributed by atoms with Crippen LogP contribution in [0.4, 0.5) is 0 Å². The third kappa shape index (κ3) is 2.28. The van der Waals surface area contributed by atoms with Gasteiger partial charge in [0, 0.05) is 11.5 Å². The van der Waals surface area contributed by atoms with Crippen molar-refractivity contribution in [1.82, 2.24) is 4.90 Å². The molecule has 1 saturated carbocycles. The molecule has 2 aliphatic heterocycles. The number of fused-ring (bicyclic) bond motifs is 1. The third-order valence-corrected chi connectivity index (χ3v) is 5.92. The quantitative estimate of drug-likeness (QED) is 0.637. The van der Waals surface area contributed by atoms with Crippen LogP contribution in [0.25, 0.3) is 0 Å². The standard InChI is InChI=1S/C14H17ClN2O3S/c15-8-14(16-9-4-2-1-3-5-9)12(20)17-10(11(18)19)6-7-21-13(14)17/h6,13H,1-5,7-8H2,(H,18,19)/t13-,14+/m0/s1. The van der Waals surface area contributed by atoms with Crippen LogP contribution in [-0.4, -0.2) is 50.1 Å². The van der Waals surface area contributed by atoms with E-state index in [0.29, 0.717) is 5.75 Å². The van der Waals surface area contributed by atoms with E-state index in [9.17, 15) is 14.7 Å². The predicted molar refractivity (Wildman–Crippen MR) is 82.8 cm³/mol. The molecule has 2 heterocycles. The zero-order valence-corrected chi connectivity index (χ0v) is 13.1. The molecule has 21 heavy (non-hydrogen) atoms. The number of amides is 1. The molecule has 2 atom stereocenters. The normalized spacial score (nSPS) is 32.1. The van der Waals surface area contributed by atoms with E-state index in [2.05, 4.69) is 0 Å². The van der Waals surface area contributed by atoms with E-state index < -0.39 is 11.5 Å². The van der Waals surface area contributed by atoms with Crippen molar-refractivity contribution in [3.8, 4) is 0 Å². The number of nitrogens with zero attached hydrogens (tertiary/aromatic N) is 2. The van der Waals surface area contributed by atoms with Crippen molar-refractivity contribution in [2.45, 2.75) is 43.0 Å². The molecule has 3 rings (SSSR count). The first kappa shape index (κ1) is 14.9. The topological polar surface area (TPSA) is 70.0 Å². The number of aliphatic carboxylic acids is 1. The smallest absolute Gasteiger partial charge is 0.352 e. The molecule has 1 N–H and O–H groups in total. The summed E-state index contributed by atoms with van der Waals surface area (Å²) in [6.45, 7) is 0. The van der Waals surface area contributed by atoms with Gasteiger partial charge in [0.25, 0.3) is 5.91 Å². The lowest BCUT2D eigenvalue weighted by Gasteiger charge is -2.54. The summed E-state index contributed by atoms with van der Waals surface area (Å²) in [7, 11) is 0. The van der Waals surface area contributed by atoms with Crippen LogP contribution in [0.1, 0.15) is 32.1 Å². The number of rotatable bonds is 3. The molecule has 3 aliphatic rings. The highest BCUT2D eigenvalue weighted by Gasteiger charge is 2.63. The molecule has 1 amide bonds. The number of carboxylic acids is 1. The summed E-state index contributed by atoms with van der Waals surface area (Å²) in [6, 6.07) is 0. The van der Waals surface area contributed by atoms with Crippen LogP contribution in [0.2, 0.25) is 0 Å². The lowest BCUT2D eigenvalue weighted by Crippen LogP contribution is -2.73. The number of thioether (sulfide) groups is 1. The number of alkyl halides is 1. The largest absolute Gasteiger partial charge is 0.477 e. The Hall–Kier alpha value is -1.01. The van der Waals surface area contributed by atoms with Gasteiger partial charge in [-0.05, 0) is 31.8 Å². The van der Waals surface area contributed by atoms with Gasteiger partial charge in [0.15, 0.2) is 5.54 Å². The second kappa shape index (κ2) is 5.65. The third-order valence-electron chi connectivity index (χ3n) is 4.23. The maximum Gasteiger partial charge on any atom is 0.352 e. The number of carbonyl (C=O) groups excluding carboxylic acids is 1. The Morgan fingerprint density at radius 1 is 1.48 bits per heavy atom. The zero-order chi connectivity index (χ0) is 15.0. The second-order valence-corrected chi connectivity index (χ2v) is 6.93. The number of halogens is 1. The highest BCUT2D eigenvalue weighted by molar-refractivity contribution is 8.00. The molecule has 5 nitrogen and oxygen atoms in total. The lowest BCUT2D eigenvalue weighted by atomic mass is 9.88. The van der Waals surface area contributed by atoms with E-state index in [1.807, 2.05) is 0 Å². The maximum atomic E-state index is 12.6. The highest BCUT2D eigenvalue weighted by Crippen LogP contribution is 2.47. The summed E-state index contributed by atoms with van der Waals surface area (Å²) >= 11 is 7.62. The van der Waals surface area contributed by atoms with E-state index in [0.717, 1.165) is 31.4 Å². The Labute approximate surface area is 132 Å². The van der Waals surface area contributed by atoms with E-state index in [1.165, 1.54) is 23.1 Å². The molecule has 1 aliphatic carbocycles. The van der Waals surface area contributed by atoms with Crippen molar-refractivity contribution in [3.63, 3.8) is 0 Å². The average molecular weight is 329 g/mol. The highest BCUT2D eigenvalue weighted by atomic mass is 35.5. The van der Waals surface area contributed by atoms with Gasteiger partial charge in [0.1, 0.15) is 11.1 Å². The Balaban J connectivity index is 1.90. The first-order valence-corrected chi connectivity index (χ1v) is 8.71. The SMILES string of the molecule is O=C(O)C1=CCS[C@@H]2N1C(=O)[C@@]2(CCl)N=C1CCCCC1. The van der Waals surface area contributed by atoms with Gasteiger partial charge >= 0.3 is 5.97 Å². The average Bonchev–Trinajstić information content (AvgIpc) is 2.52. The summed E-state index contributed by atoms with van der Waals surface area (Å²) < 4.78 is 0. The van der Waals surface area contributed by atoms with Gasteiger partial charge in [-0.2, -0.15) is 0 Å². The van der Waals surface area contributed by atoms with E-state index >= 15 is 0 Å². The molecule has 114 valence electrons. The van der Waals surface area contributed by atoms with Gasteiger partial charge in [-0.1, -0.05) is 6.42 Å². The van der Waals surface area contributed by atoms with Gasteiger partial charge in [-0.25, -0.2) is 4.79 Å². The molecule has 0 unspecified atom stereocenters. The number of carboxylic acid groups (broad SMARTS) is 1. The van der Waals surface area contributed by atoms with Crippen LogP contribution >= 0.6 is 23.4 Å². The van der Waals surface area contributed by atoms with Crippen molar-refractivity contribution in [3.05, 3.63) is 11.8 Å². The number of β-lactam (4-membered cyclic amide) rings is 1. The number of hydrogen-bond acceptors (Lipinski definition) is 4. The van der Waals surface area contributed by atoms with Gasteiger partial charge in [0.05, 0.1) is 5.88 Å². The molecule has 0 bridgehead atoms. The Morgan fingerprint density at radius 3 is 2.81 bits per heavy atom. The number of aliphatic imine (C=N–C) groups is 1. The van der Waals surface area contributed by atoms with Gasteiger partial charge in [-0.15, -0.1) is 23.4 Å². The molecule has 0 aromatic rings. The summed E-state index contributed by atoms with van der Waals surface area (Å²) in [5.74, 6) is -0.667. The number of carbonyl (C=O) groups is 2. The lowest BCUT2D eigenvalue weighted by molar-refractivity contribution is -0.153. The summed E-state index contributed by atoms with van der Waals surface area (Å²) in [4.78, 5) is 29.8. The van der Waals surface area contributed by atoms with Crippen LogP contribution in [0.5, 0.6) is 0 Å². The Kier molecular flexibility index (Phi) is 4.01. The van der Waals surface area contributed by atoms with Crippen molar-refractivity contribution in [2.24, 2.45) is 4.99 Å². The molecule has 7 heteroatoms. The molecular formula is C14H17ClN2O3S. The fraction of sp³-hybridized carbons (Fsp3) is 0.643. The Bertz CT molecular complexity index is 540. The van der Waals surface area contributed by atoms with Gasteiger partial charge < -0.3 is 5.11 Å². The minimum Gasteiger partial charge on any atom is -0.477 e. The Morgan fingerprint density at radius 2 is 2.19 bits per heavy atom. The van der Waals surface area contributed by atoms with Crippen LogP contribution in [0.3, 0.4) is 0 Å². The van der Waals surface area contributed by atoms with E-state index in [4.69, 9.17) is 16.6 Å². The van der Waals surface area contributed by atoms with Crippen molar-refractivity contribution < 1.29 is 14.7 Å². The second-order valence-electron chi connectivity index (χ2n) is 5.55. The van der Waals surface area contributed by atoms with Crippen molar-refractivity contribution >= 4 is 41.0 Å². The molecular weight excluding hydrogens is 312 g/mol. The molecule has 0 aromatic heterocycles. The van der Waals surface area contributed by atoms with E-state index in [-0.39, 0.29) is 22.9 Å². The first-order chi connectivity index (χ1) is 10.1. The fourth-order valence-corrected chi connectivity index (χ4v) is 4.85. The summed E-state index contributed by atoms with van der Waals surface area (Å²) in [6.07, 6.45) is 6.83.